The van der Waals surface area contributed by atoms with Crippen molar-refractivity contribution in [1.29, 1.82) is 0 Å². The number of nitrogens with zero attached hydrogens (tertiary/aromatic N) is 3. The summed E-state index contributed by atoms with van der Waals surface area (Å²) in [6.07, 6.45) is 0.376. The van der Waals surface area contributed by atoms with Crippen LogP contribution in [0.25, 0.3) is 10.2 Å². The number of hydrogen-bond donors (Lipinski definition) is 0. The minimum Gasteiger partial charge on any atom is -0.492 e. The number of likely N-dealkylation sites (N-methyl/N-ethyl adjacent to an activating group) is 1. The molecule has 3 aromatic carbocycles. The maximum absolute atomic E-state index is 14.0. The lowest BCUT2D eigenvalue weighted by Crippen LogP contribution is -2.39. The van der Waals surface area contributed by atoms with E-state index in [1.54, 1.807) is 11.3 Å². The molecule has 0 aliphatic heterocycles. The van der Waals surface area contributed by atoms with Crippen LogP contribution in [0.2, 0.25) is 0 Å². The summed E-state index contributed by atoms with van der Waals surface area (Å²) in [6, 6.07) is 26.6. The minimum absolute atomic E-state index is 0.0239. The molecule has 0 fully saturated rings. The molecular formula is C30H35N3O2S. The maximum atomic E-state index is 14.0. The monoisotopic (exact) mass is 501 g/mol. The number of amides is 1. The molecule has 0 unspecified atom stereocenters. The molecule has 36 heavy (non-hydrogen) atoms. The number of anilines is 1. The van der Waals surface area contributed by atoms with E-state index in [2.05, 4.69) is 43.0 Å². The van der Waals surface area contributed by atoms with Crippen LogP contribution in [-0.2, 0) is 4.79 Å². The topological polar surface area (TPSA) is 45.7 Å². The average molecular weight is 502 g/mol. The Hall–Kier alpha value is -3.22. The second-order valence-corrected chi connectivity index (χ2v) is 9.69. The summed E-state index contributed by atoms with van der Waals surface area (Å²) in [7, 11) is 0. The van der Waals surface area contributed by atoms with Crippen molar-refractivity contribution in [3.05, 3.63) is 90.0 Å². The number of hydrogen-bond acceptors (Lipinski definition) is 5. The van der Waals surface area contributed by atoms with Crippen LogP contribution in [0.3, 0.4) is 0 Å². The molecule has 0 spiro atoms. The summed E-state index contributed by atoms with van der Waals surface area (Å²) in [5.41, 5.74) is 3.11. The fraction of sp³-hybridized carbons (Fsp3) is 0.333. The van der Waals surface area contributed by atoms with Gasteiger partial charge in [0.05, 0.1) is 11.3 Å². The molecule has 0 atom stereocenters. The van der Waals surface area contributed by atoms with Gasteiger partial charge in [0.2, 0.25) is 5.91 Å². The molecule has 1 aromatic heterocycles. The van der Waals surface area contributed by atoms with Crippen LogP contribution >= 0.6 is 11.3 Å². The smallest absolute Gasteiger partial charge is 0.229 e. The summed E-state index contributed by atoms with van der Waals surface area (Å²) < 4.78 is 6.85. The van der Waals surface area contributed by atoms with E-state index in [1.807, 2.05) is 66.4 Å². The molecule has 6 heteroatoms. The maximum Gasteiger partial charge on any atom is 0.229 e. The van der Waals surface area contributed by atoms with Crippen molar-refractivity contribution in [2.24, 2.45) is 0 Å². The Labute approximate surface area is 218 Å². The van der Waals surface area contributed by atoms with Gasteiger partial charge in [0.15, 0.2) is 5.13 Å². The first-order valence-corrected chi connectivity index (χ1v) is 13.6. The first-order chi connectivity index (χ1) is 17.6. The number of ether oxygens (including phenoxy) is 1. The van der Waals surface area contributed by atoms with Gasteiger partial charge in [-0.15, -0.1) is 0 Å². The van der Waals surface area contributed by atoms with E-state index in [0.717, 1.165) is 51.9 Å². The van der Waals surface area contributed by atoms with Gasteiger partial charge >= 0.3 is 0 Å². The van der Waals surface area contributed by atoms with E-state index < -0.39 is 0 Å². The van der Waals surface area contributed by atoms with Crippen LogP contribution in [0.5, 0.6) is 5.75 Å². The molecule has 188 valence electrons. The Kier molecular flexibility index (Phi) is 9.09. The highest BCUT2D eigenvalue weighted by Crippen LogP contribution is 2.36. The van der Waals surface area contributed by atoms with Crippen molar-refractivity contribution >= 4 is 32.6 Å². The molecular weight excluding hydrogens is 466 g/mol. The first-order valence-electron chi connectivity index (χ1n) is 12.8. The number of thiazole rings is 1. The minimum atomic E-state index is -0.0239. The quantitative estimate of drug-likeness (QED) is 0.220. The van der Waals surface area contributed by atoms with Crippen molar-refractivity contribution in [3.8, 4) is 5.75 Å². The molecule has 1 amide bonds. The summed E-state index contributed by atoms with van der Waals surface area (Å²) in [4.78, 5) is 23.2. The van der Waals surface area contributed by atoms with E-state index in [4.69, 9.17) is 9.72 Å². The zero-order valence-corrected chi connectivity index (χ0v) is 22.2. The molecule has 0 radical (unpaired) electrons. The van der Waals surface area contributed by atoms with Crippen molar-refractivity contribution in [3.63, 3.8) is 0 Å². The Bertz CT molecular complexity index is 1200. The van der Waals surface area contributed by atoms with E-state index >= 15 is 0 Å². The van der Waals surface area contributed by atoms with E-state index in [1.165, 1.54) is 0 Å². The van der Waals surface area contributed by atoms with Crippen LogP contribution in [0.1, 0.15) is 44.2 Å². The van der Waals surface area contributed by atoms with Crippen molar-refractivity contribution in [1.82, 2.24) is 9.88 Å². The highest BCUT2D eigenvalue weighted by molar-refractivity contribution is 7.22. The normalized spacial score (nSPS) is 11.4. The lowest BCUT2D eigenvalue weighted by atomic mass is 9.88. The summed E-state index contributed by atoms with van der Waals surface area (Å²) in [6.45, 7) is 10.2. The standard InChI is InChI=1S/C30H35N3O2S/c1-4-32(5-2)20-21-33(30-31-29-26(35-6-3)18-13-19-27(29)36-30)28(34)22-25(23-14-9-7-10-15-23)24-16-11-8-12-17-24/h7-19,25H,4-6,20-22H2,1-3H3. The van der Waals surface area contributed by atoms with Gasteiger partial charge in [-0.2, -0.15) is 0 Å². The van der Waals surface area contributed by atoms with Crippen LogP contribution < -0.4 is 9.64 Å². The van der Waals surface area contributed by atoms with Gasteiger partial charge in [-0.05, 0) is 43.3 Å². The highest BCUT2D eigenvalue weighted by Gasteiger charge is 2.26. The second-order valence-electron chi connectivity index (χ2n) is 8.68. The Balaban J connectivity index is 1.68. The van der Waals surface area contributed by atoms with Crippen molar-refractivity contribution in [2.45, 2.75) is 33.1 Å². The zero-order chi connectivity index (χ0) is 25.3. The van der Waals surface area contributed by atoms with Gasteiger partial charge in [0.1, 0.15) is 11.3 Å². The van der Waals surface area contributed by atoms with E-state index in [-0.39, 0.29) is 11.8 Å². The van der Waals surface area contributed by atoms with Gasteiger partial charge in [-0.3, -0.25) is 9.69 Å². The van der Waals surface area contributed by atoms with Crippen LogP contribution in [-0.4, -0.2) is 48.6 Å². The average Bonchev–Trinajstić information content (AvgIpc) is 3.36. The Morgan fingerprint density at radius 3 is 2.08 bits per heavy atom. The second kappa shape index (κ2) is 12.7. The molecule has 5 nitrogen and oxygen atoms in total. The highest BCUT2D eigenvalue weighted by atomic mass is 32.1. The number of para-hydroxylation sites is 1. The third-order valence-corrected chi connectivity index (χ3v) is 7.56. The molecule has 0 saturated heterocycles. The Morgan fingerprint density at radius 1 is 0.861 bits per heavy atom. The van der Waals surface area contributed by atoms with E-state index in [0.29, 0.717) is 19.6 Å². The molecule has 0 bridgehead atoms. The van der Waals surface area contributed by atoms with E-state index in [9.17, 15) is 4.79 Å². The zero-order valence-electron chi connectivity index (χ0n) is 21.4. The molecule has 4 aromatic rings. The number of benzene rings is 3. The van der Waals surface area contributed by atoms with Gasteiger partial charge < -0.3 is 9.64 Å². The molecule has 0 saturated carbocycles. The van der Waals surface area contributed by atoms with Crippen LogP contribution in [0.4, 0.5) is 5.13 Å². The SMILES string of the molecule is CCOc1cccc2sc(N(CCN(CC)CC)C(=O)CC(c3ccccc3)c3ccccc3)nc12. The molecule has 0 N–H and O–H groups in total. The van der Waals surface area contributed by atoms with Crippen molar-refractivity contribution < 1.29 is 9.53 Å². The predicted molar refractivity (Wildman–Crippen MR) is 150 cm³/mol. The first kappa shape index (κ1) is 25.9. The number of fused-ring (bicyclic) bond motifs is 1. The molecule has 1 heterocycles. The van der Waals surface area contributed by atoms with Gasteiger partial charge in [-0.25, -0.2) is 4.98 Å². The number of aromatic nitrogens is 1. The Morgan fingerprint density at radius 2 is 1.50 bits per heavy atom. The summed E-state index contributed by atoms with van der Waals surface area (Å²) in [5.74, 6) is 0.821. The third-order valence-electron chi connectivity index (χ3n) is 6.52. The lowest BCUT2D eigenvalue weighted by molar-refractivity contribution is -0.118. The fourth-order valence-electron chi connectivity index (χ4n) is 4.49. The van der Waals surface area contributed by atoms with Crippen LogP contribution in [0, 0.1) is 0 Å². The number of rotatable bonds is 12. The van der Waals surface area contributed by atoms with Gasteiger partial charge in [0.25, 0.3) is 0 Å². The lowest BCUT2D eigenvalue weighted by Gasteiger charge is -2.26. The third kappa shape index (κ3) is 6.12. The summed E-state index contributed by atoms with van der Waals surface area (Å²) in [5, 5.41) is 0.731. The fourth-order valence-corrected chi connectivity index (χ4v) is 5.52. The number of carbonyl (C=O) groups is 1. The molecule has 0 aliphatic carbocycles. The van der Waals surface area contributed by atoms with Gasteiger partial charge in [0, 0.05) is 25.4 Å². The van der Waals surface area contributed by atoms with Gasteiger partial charge in [-0.1, -0.05) is 91.9 Å². The molecule has 4 rings (SSSR count). The largest absolute Gasteiger partial charge is 0.492 e. The van der Waals surface area contributed by atoms with Crippen molar-refractivity contribution in [2.75, 3.05) is 37.7 Å². The predicted octanol–water partition coefficient (Wildman–Crippen LogP) is 6.59. The number of carbonyl (C=O) groups excluding carboxylic acids is 1. The van der Waals surface area contributed by atoms with Crippen LogP contribution in [0.15, 0.2) is 78.9 Å². The summed E-state index contributed by atoms with van der Waals surface area (Å²) >= 11 is 1.55. The molecule has 0 aliphatic rings.